The van der Waals surface area contributed by atoms with Crippen LogP contribution >= 0.6 is 12.2 Å². The van der Waals surface area contributed by atoms with Crippen LogP contribution in [0.25, 0.3) is 11.4 Å². The number of nitrogens with one attached hydrogen (secondary N) is 2. The lowest BCUT2D eigenvalue weighted by Gasteiger charge is -2.09. The minimum atomic E-state index is -0.108. The first-order valence-electron chi connectivity index (χ1n) is 10.0. The van der Waals surface area contributed by atoms with Gasteiger partial charge in [-0.05, 0) is 68.4 Å². The fraction of sp³-hybridized carbons (Fsp3) is 0.318. The number of carbonyl (C=O) groups is 1. The Bertz CT molecular complexity index is 984. The van der Waals surface area contributed by atoms with Crippen molar-refractivity contribution >= 4 is 18.1 Å². The van der Waals surface area contributed by atoms with Gasteiger partial charge >= 0.3 is 0 Å². The van der Waals surface area contributed by atoms with Crippen LogP contribution in [0.5, 0.6) is 11.5 Å². The molecule has 0 aliphatic heterocycles. The minimum Gasteiger partial charge on any atom is -0.494 e. The summed E-state index contributed by atoms with van der Waals surface area (Å²) in [5, 5.41) is 9.97. The first-order valence-corrected chi connectivity index (χ1v) is 10.4. The van der Waals surface area contributed by atoms with Crippen LogP contribution in [0.1, 0.15) is 19.8 Å². The van der Waals surface area contributed by atoms with Crippen LogP contribution in [0, 0.1) is 4.77 Å². The van der Waals surface area contributed by atoms with E-state index < -0.39 is 0 Å². The van der Waals surface area contributed by atoms with E-state index >= 15 is 0 Å². The predicted octanol–water partition coefficient (Wildman–Crippen LogP) is 3.98. The van der Waals surface area contributed by atoms with E-state index in [0.717, 1.165) is 29.9 Å². The minimum absolute atomic E-state index is 0.108. The van der Waals surface area contributed by atoms with E-state index in [1.54, 1.807) is 4.57 Å². The van der Waals surface area contributed by atoms with Crippen molar-refractivity contribution in [1.82, 2.24) is 20.1 Å². The summed E-state index contributed by atoms with van der Waals surface area (Å²) in [5.74, 6) is 2.16. The van der Waals surface area contributed by atoms with Crippen molar-refractivity contribution in [2.24, 2.45) is 0 Å². The number of H-pyrrole nitrogens is 1. The third kappa shape index (κ3) is 6.18. The number of hydrogen-bond donors (Lipinski definition) is 2. The van der Waals surface area contributed by atoms with Gasteiger partial charge in [0.1, 0.15) is 18.0 Å². The highest BCUT2D eigenvalue weighted by Gasteiger charge is 2.12. The Morgan fingerprint density at radius 2 is 1.80 bits per heavy atom. The second kappa shape index (κ2) is 11.2. The van der Waals surface area contributed by atoms with Gasteiger partial charge in [0.2, 0.25) is 5.91 Å². The van der Waals surface area contributed by atoms with E-state index in [4.69, 9.17) is 21.7 Å². The van der Waals surface area contributed by atoms with Gasteiger partial charge in [-0.15, -0.1) is 0 Å². The summed E-state index contributed by atoms with van der Waals surface area (Å²) in [6, 6.07) is 17.2. The molecule has 1 heterocycles. The SMILES string of the molecule is CCOc1ccc(-c2n[nH]c(=S)n2CC(=O)NCCCCOc2ccccc2)cc1. The van der Waals surface area contributed by atoms with E-state index in [2.05, 4.69) is 15.5 Å². The van der Waals surface area contributed by atoms with Crippen LogP contribution < -0.4 is 14.8 Å². The summed E-state index contributed by atoms with van der Waals surface area (Å²) in [4.78, 5) is 12.4. The average Bonchev–Trinajstić information content (AvgIpc) is 3.12. The van der Waals surface area contributed by atoms with Gasteiger partial charge in [0.15, 0.2) is 10.6 Å². The molecule has 0 fully saturated rings. The quantitative estimate of drug-likeness (QED) is 0.358. The summed E-state index contributed by atoms with van der Waals surface area (Å²) in [5.41, 5.74) is 0.858. The molecular formula is C22H26N4O3S. The van der Waals surface area contributed by atoms with Gasteiger partial charge in [-0.3, -0.25) is 14.5 Å². The fourth-order valence-corrected chi connectivity index (χ4v) is 3.11. The van der Waals surface area contributed by atoms with E-state index in [0.29, 0.717) is 30.4 Å². The lowest BCUT2D eigenvalue weighted by Crippen LogP contribution is -2.29. The molecule has 1 aromatic heterocycles. The first-order chi connectivity index (χ1) is 14.7. The molecular weight excluding hydrogens is 400 g/mol. The number of rotatable bonds is 11. The Labute approximate surface area is 181 Å². The molecule has 0 saturated heterocycles. The van der Waals surface area contributed by atoms with Crippen LogP contribution in [0.15, 0.2) is 54.6 Å². The van der Waals surface area contributed by atoms with Gasteiger partial charge in [0.25, 0.3) is 0 Å². The Balaban J connectivity index is 1.46. The number of amides is 1. The molecule has 0 aliphatic carbocycles. The Hall–Kier alpha value is -3.13. The maximum absolute atomic E-state index is 12.4. The molecule has 0 saturated carbocycles. The van der Waals surface area contributed by atoms with Crippen molar-refractivity contribution in [3.8, 4) is 22.9 Å². The highest BCUT2D eigenvalue weighted by Crippen LogP contribution is 2.21. The molecule has 0 atom stereocenters. The first kappa shape index (κ1) is 21.6. The molecule has 0 spiro atoms. The smallest absolute Gasteiger partial charge is 0.240 e. The van der Waals surface area contributed by atoms with E-state index in [1.165, 1.54) is 0 Å². The third-order valence-electron chi connectivity index (χ3n) is 4.39. The van der Waals surface area contributed by atoms with Crippen molar-refractivity contribution in [3.63, 3.8) is 0 Å². The lowest BCUT2D eigenvalue weighted by molar-refractivity contribution is -0.121. The number of carbonyl (C=O) groups excluding carboxylic acids is 1. The molecule has 2 aromatic carbocycles. The zero-order chi connectivity index (χ0) is 21.2. The predicted molar refractivity (Wildman–Crippen MR) is 118 cm³/mol. The maximum Gasteiger partial charge on any atom is 0.240 e. The number of aromatic amines is 1. The Kier molecular flexibility index (Phi) is 8.02. The second-order valence-electron chi connectivity index (χ2n) is 6.61. The molecule has 2 N–H and O–H groups in total. The van der Waals surface area contributed by atoms with Gasteiger partial charge in [-0.25, -0.2) is 0 Å². The van der Waals surface area contributed by atoms with Crippen molar-refractivity contribution in [2.45, 2.75) is 26.3 Å². The topological polar surface area (TPSA) is 81.2 Å². The van der Waals surface area contributed by atoms with Crippen LogP contribution in [0.3, 0.4) is 0 Å². The average molecular weight is 427 g/mol. The zero-order valence-corrected chi connectivity index (χ0v) is 17.8. The van der Waals surface area contributed by atoms with Gasteiger partial charge in [0.05, 0.1) is 13.2 Å². The van der Waals surface area contributed by atoms with E-state index in [1.807, 2.05) is 61.5 Å². The van der Waals surface area contributed by atoms with Crippen molar-refractivity contribution in [1.29, 1.82) is 0 Å². The van der Waals surface area contributed by atoms with Gasteiger partial charge < -0.3 is 14.8 Å². The molecule has 0 radical (unpaired) electrons. The standard InChI is InChI=1S/C22H26N4O3S/c1-2-28-19-12-10-17(11-13-19)21-24-25-22(30)26(21)16-20(27)23-14-6-7-15-29-18-8-4-3-5-9-18/h3-5,8-13H,2,6-7,14-16H2,1H3,(H,23,27)(H,25,30). The normalized spacial score (nSPS) is 10.6. The highest BCUT2D eigenvalue weighted by molar-refractivity contribution is 7.71. The summed E-state index contributed by atoms with van der Waals surface area (Å²) in [7, 11) is 0. The lowest BCUT2D eigenvalue weighted by atomic mass is 10.2. The highest BCUT2D eigenvalue weighted by atomic mass is 32.1. The molecule has 7 nitrogen and oxygen atoms in total. The van der Waals surface area contributed by atoms with Crippen LogP contribution in [0.2, 0.25) is 0 Å². The number of para-hydroxylation sites is 1. The van der Waals surface area contributed by atoms with Crippen molar-refractivity contribution in [2.75, 3.05) is 19.8 Å². The Morgan fingerprint density at radius 1 is 1.07 bits per heavy atom. The van der Waals surface area contributed by atoms with Gasteiger partial charge in [-0.1, -0.05) is 18.2 Å². The fourth-order valence-electron chi connectivity index (χ4n) is 2.91. The molecule has 3 rings (SSSR count). The number of hydrogen-bond acceptors (Lipinski definition) is 5. The summed E-state index contributed by atoms with van der Waals surface area (Å²) in [6.45, 7) is 3.86. The molecule has 0 unspecified atom stereocenters. The molecule has 0 aliphatic rings. The molecule has 8 heteroatoms. The van der Waals surface area contributed by atoms with Crippen molar-refractivity contribution in [3.05, 3.63) is 59.4 Å². The van der Waals surface area contributed by atoms with Crippen molar-refractivity contribution < 1.29 is 14.3 Å². The van der Waals surface area contributed by atoms with Gasteiger partial charge in [-0.2, -0.15) is 5.10 Å². The number of unbranched alkanes of at least 4 members (excludes halogenated alkanes) is 1. The zero-order valence-electron chi connectivity index (χ0n) is 17.0. The van der Waals surface area contributed by atoms with Crippen LogP contribution in [-0.2, 0) is 11.3 Å². The molecule has 30 heavy (non-hydrogen) atoms. The van der Waals surface area contributed by atoms with Crippen LogP contribution in [-0.4, -0.2) is 40.4 Å². The number of aromatic nitrogens is 3. The monoisotopic (exact) mass is 426 g/mol. The summed E-state index contributed by atoms with van der Waals surface area (Å²) in [6.07, 6.45) is 1.69. The van der Waals surface area contributed by atoms with E-state index in [-0.39, 0.29) is 12.5 Å². The van der Waals surface area contributed by atoms with E-state index in [9.17, 15) is 4.79 Å². The number of nitrogens with zero attached hydrogens (tertiary/aromatic N) is 2. The number of benzene rings is 2. The third-order valence-corrected chi connectivity index (χ3v) is 4.70. The molecule has 158 valence electrons. The molecule has 1 amide bonds. The second-order valence-corrected chi connectivity index (χ2v) is 7.00. The maximum atomic E-state index is 12.4. The van der Waals surface area contributed by atoms with Gasteiger partial charge in [0, 0.05) is 12.1 Å². The summed E-state index contributed by atoms with van der Waals surface area (Å²) < 4.78 is 13.2. The molecule has 0 bridgehead atoms. The molecule has 3 aromatic rings. The number of ether oxygens (including phenoxy) is 2. The Morgan fingerprint density at radius 3 is 2.53 bits per heavy atom. The largest absolute Gasteiger partial charge is 0.494 e. The van der Waals surface area contributed by atoms with Crippen LogP contribution in [0.4, 0.5) is 0 Å². The summed E-state index contributed by atoms with van der Waals surface area (Å²) >= 11 is 5.30.